The van der Waals surface area contributed by atoms with Crippen molar-refractivity contribution in [3.05, 3.63) is 47.7 Å². The molecule has 0 amide bonds. The summed E-state index contributed by atoms with van der Waals surface area (Å²) < 4.78 is 5.49. The number of carbonyl (C=O) groups is 1. The van der Waals surface area contributed by atoms with Crippen LogP contribution < -0.4 is 5.73 Å². The predicted octanol–water partition coefficient (Wildman–Crippen LogP) is 2.40. The first-order valence-electron chi connectivity index (χ1n) is 5.11. The third kappa shape index (κ3) is 2.04. The van der Waals surface area contributed by atoms with E-state index in [1.807, 2.05) is 31.2 Å². The third-order valence-electron chi connectivity index (χ3n) is 2.42. The highest BCUT2D eigenvalue weighted by Crippen LogP contribution is 2.22. The monoisotopic (exact) mass is 215 g/mol. The van der Waals surface area contributed by atoms with Gasteiger partial charge in [0.25, 0.3) is 0 Å². The van der Waals surface area contributed by atoms with E-state index in [1.54, 1.807) is 12.1 Å². The van der Waals surface area contributed by atoms with Gasteiger partial charge in [-0.25, -0.2) is 0 Å². The number of ketones is 1. The van der Waals surface area contributed by atoms with Gasteiger partial charge in [-0.3, -0.25) is 4.79 Å². The highest BCUT2D eigenvalue weighted by atomic mass is 16.3. The zero-order chi connectivity index (χ0) is 11.5. The zero-order valence-corrected chi connectivity index (χ0v) is 9.07. The summed E-state index contributed by atoms with van der Waals surface area (Å²) in [6, 6.07) is 11.1. The van der Waals surface area contributed by atoms with E-state index in [4.69, 9.17) is 10.2 Å². The molecular formula is C13H13NO2. The smallest absolute Gasteiger partial charge is 0.176 e. The van der Waals surface area contributed by atoms with Crippen LogP contribution in [-0.4, -0.2) is 12.3 Å². The normalized spacial score (nSPS) is 10.4. The molecule has 2 N–H and O–H groups in total. The number of hydrogen-bond donors (Lipinski definition) is 1. The average molecular weight is 215 g/mol. The van der Waals surface area contributed by atoms with Gasteiger partial charge in [0.05, 0.1) is 6.54 Å². The maximum atomic E-state index is 11.3. The van der Waals surface area contributed by atoms with Gasteiger partial charge in [0.15, 0.2) is 5.78 Å². The molecule has 0 unspecified atom stereocenters. The van der Waals surface area contributed by atoms with E-state index in [1.165, 1.54) is 0 Å². The van der Waals surface area contributed by atoms with Gasteiger partial charge in [0.2, 0.25) is 0 Å². The van der Waals surface area contributed by atoms with E-state index in [0.717, 1.165) is 17.1 Å². The van der Waals surface area contributed by atoms with Gasteiger partial charge in [0.1, 0.15) is 11.5 Å². The van der Waals surface area contributed by atoms with E-state index in [2.05, 4.69) is 0 Å². The standard InChI is InChI=1S/C13H13NO2/c1-9-2-7-13(16-9)11-5-3-10(4-6-11)12(15)8-14/h2-7H,8,14H2,1H3. The fourth-order valence-corrected chi connectivity index (χ4v) is 1.53. The molecule has 2 aromatic rings. The molecule has 3 heteroatoms. The largest absolute Gasteiger partial charge is 0.461 e. The van der Waals surface area contributed by atoms with Gasteiger partial charge in [-0.15, -0.1) is 0 Å². The van der Waals surface area contributed by atoms with Crippen LogP contribution in [-0.2, 0) is 0 Å². The summed E-state index contributed by atoms with van der Waals surface area (Å²) in [6.45, 7) is 1.94. The molecule has 2 rings (SSSR count). The second-order valence-electron chi connectivity index (χ2n) is 3.61. The highest BCUT2D eigenvalue weighted by molar-refractivity contribution is 5.97. The summed E-state index contributed by atoms with van der Waals surface area (Å²) in [5, 5.41) is 0. The summed E-state index contributed by atoms with van der Waals surface area (Å²) in [4.78, 5) is 11.3. The van der Waals surface area contributed by atoms with Crippen LogP contribution in [0.5, 0.6) is 0 Å². The first-order valence-corrected chi connectivity index (χ1v) is 5.11. The lowest BCUT2D eigenvalue weighted by atomic mass is 10.1. The number of nitrogens with two attached hydrogens (primary N) is 1. The van der Waals surface area contributed by atoms with E-state index in [-0.39, 0.29) is 12.3 Å². The van der Waals surface area contributed by atoms with Crippen LogP contribution in [0.25, 0.3) is 11.3 Å². The van der Waals surface area contributed by atoms with Crippen molar-refractivity contribution in [3.63, 3.8) is 0 Å². The van der Waals surface area contributed by atoms with E-state index in [9.17, 15) is 4.79 Å². The number of carbonyl (C=O) groups excluding carboxylic acids is 1. The molecule has 0 spiro atoms. The first kappa shape index (κ1) is 10.6. The Kier molecular flexibility index (Phi) is 2.88. The minimum atomic E-state index is -0.0535. The van der Waals surface area contributed by atoms with Crippen molar-refractivity contribution in [2.45, 2.75) is 6.92 Å². The van der Waals surface area contributed by atoms with Crippen LogP contribution in [0.1, 0.15) is 16.1 Å². The Bertz CT molecular complexity index is 497. The SMILES string of the molecule is Cc1ccc(-c2ccc(C(=O)CN)cc2)o1. The number of Topliss-reactive ketones (excluding diaryl/α,β-unsaturated/α-hetero) is 1. The molecule has 0 bridgehead atoms. The maximum absolute atomic E-state index is 11.3. The number of hydrogen-bond acceptors (Lipinski definition) is 3. The molecule has 16 heavy (non-hydrogen) atoms. The van der Waals surface area contributed by atoms with Gasteiger partial charge >= 0.3 is 0 Å². The lowest BCUT2D eigenvalue weighted by molar-refractivity contribution is 0.100. The van der Waals surface area contributed by atoms with Gasteiger partial charge in [0, 0.05) is 11.1 Å². The Morgan fingerprint density at radius 1 is 1.19 bits per heavy atom. The molecule has 0 saturated heterocycles. The third-order valence-corrected chi connectivity index (χ3v) is 2.42. The number of rotatable bonds is 3. The molecule has 0 fully saturated rings. The number of benzene rings is 1. The van der Waals surface area contributed by atoms with Crippen LogP contribution >= 0.6 is 0 Å². The van der Waals surface area contributed by atoms with Crippen molar-refractivity contribution in [3.8, 4) is 11.3 Å². The molecule has 1 aromatic heterocycles. The van der Waals surface area contributed by atoms with Crippen molar-refractivity contribution >= 4 is 5.78 Å². The molecule has 0 saturated carbocycles. The van der Waals surface area contributed by atoms with Crippen molar-refractivity contribution < 1.29 is 9.21 Å². The van der Waals surface area contributed by atoms with Crippen molar-refractivity contribution in [2.24, 2.45) is 5.73 Å². The lowest BCUT2D eigenvalue weighted by Crippen LogP contribution is -2.13. The molecular weight excluding hydrogens is 202 g/mol. The topological polar surface area (TPSA) is 56.2 Å². The van der Waals surface area contributed by atoms with Gasteiger partial charge in [-0.1, -0.05) is 24.3 Å². The summed E-state index contributed by atoms with van der Waals surface area (Å²) in [6.07, 6.45) is 0. The second-order valence-corrected chi connectivity index (χ2v) is 3.61. The minimum Gasteiger partial charge on any atom is -0.461 e. The summed E-state index contributed by atoms with van der Waals surface area (Å²) >= 11 is 0. The predicted molar refractivity (Wildman–Crippen MR) is 62.3 cm³/mol. The minimum absolute atomic E-state index is 0.0409. The molecule has 1 heterocycles. The van der Waals surface area contributed by atoms with E-state index >= 15 is 0 Å². The Morgan fingerprint density at radius 2 is 1.88 bits per heavy atom. The molecule has 0 radical (unpaired) electrons. The Hall–Kier alpha value is -1.87. The van der Waals surface area contributed by atoms with Crippen LogP contribution in [0.15, 0.2) is 40.8 Å². The van der Waals surface area contributed by atoms with Crippen molar-refractivity contribution in [1.29, 1.82) is 0 Å². The van der Waals surface area contributed by atoms with Gasteiger partial charge < -0.3 is 10.2 Å². The summed E-state index contributed by atoms with van der Waals surface area (Å²) in [7, 11) is 0. The van der Waals surface area contributed by atoms with Crippen LogP contribution in [0.3, 0.4) is 0 Å². The van der Waals surface area contributed by atoms with Crippen molar-refractivity contribution in [2.75, 3.05) is 6.54 Å². The van der Waals surface area contributed by atoms with Crippen LogP contribution in [0.2, 0.25) is 0 Å². The van der Waals surface area contributed by atoms with Crippen LogP contribution in [0.4, 0.5) is 0 Å². The summed E-state index contributed by atoms with van der Waals surface area (Å²) in [5.74, 6) is 1.63. The number of furan rings is 1. The van der Waals surface area contributed by atoms with E-state index < -0.39 is 0 Å². The quantitative estimate of drug-likeness (QED) is 0.800. The van der Waals surface area contributed by atoms with Gasteiger partial charge in [-0.2, -0.15) is 0 Å². The highest BCUT2D eigenvalue weighted by Gasteiger charge is 2.05. The second kappa shape index (κ2) is 4.33. The molecule has 0 atom stereocenters. The number of aryl methyl sites for hydroxylation is 1. The Labute approximate surface area is 93.9 Å². The molecule has 0 aliphatic rings. The molecule has 0 aliphatic heterocycles. The van der Waals surface area contributed by atoms with Gasteiger partial charge in [-0.05, 0) is 19.1 Å². The fourth-order valence-electron chi connectivity index (χ4n) is 1.53. The maximum Gasteiger partial charge on any atom is 0.176 e. The average Bonchev–Trinajstić information content (AvgIpc) is 2.75. The van der Waals surface area contributed by atoms with E-state index in [0.29, 0.717) is 5.56 Å². The fraction of sp³-hybridized carbons (Fsp3) is 0.154. The Balaban J connectivity index is 2.29. The molecule has 82 valence electrons. The molecule has 1 aromatic carbocycles. The Morgan fingerprint density at radius 3 is 2.38 bits per heavy atom. The lowest BCUT2D eigenvalue weighted by Gasteiger charge is -2.00. The zero-order valence-electron chi connectivity index (χ0n) is 9.07. The molecule has 3 nitrogen and oxygen atoms in total. The molecule has 0 aliphatic carbocycles. The first-order chi connectivity index (χ1) is 7.70. The van der Waals surface area contributed by atoms with Crippen molar-refractivity contribution in [1.82, 2.24) is 0 Å². The van der Waals surface area contributed by atoms with Crippen LogP contribution in [0, 0.1) is 6.92 Å². The summed E-state index contributed by atoms with van der Waals surface area (Å²) in [5.41, 5.74) is 6.88.